The number of rotatable bonds is 18. The second-order valence-corrected chi connectivity index (χ2v) is 8.67. The number of amidine groups is 1. The van der Waals surface area contributed by atoms with Crippen molar-refractivity contribution in [1.82, 2.24) is 5.32 Å². The molecule has 1 N–H and O–H groups in total. The summed E-state index contributed by atoms with van der Waals surface area (Å²) in [6.07, 6.45) is 21.9. The SMILES string of the molecule is CCCCC/C=C/CCCCCCCCCC1=NCC[N+]1(CC)CCNC(C)=O. The number of unbranched alkanes of at least 4 members (excludes halogenated alkanes) is 10. The van der Waals surface area contributed by atoms with Gasteiger partial charge >= 0.3 is 0 Å². The quantitative estimate of drug-likeness (QED) is 0.169. The molecule has 0 aliphatic carbocycles. The molecule has 0 saturated carbocycles. The zero-order chi connectivity index (χ0) is 21.2. The molecular formula is C25H48N3O+. The number of nitrogens with zero attached hydrogens (tertiary/aromatic N) is 2. The molecular weight excluding hydrogens is 358 g/mol. The molecule has 4 heteroatoms. The lowest BCUT2D eigenvalue weighted by Crippen LogP contribution is -2.54. The maximum Gasteiger partial charge on any atom is 0.217 e. The Hall–Kier alpha value is -1.16. The van der Waals surface area contributed by atoms with E-state index in [2.05, 4.69) is 31.3 Å². The Morgan fingerprint density at radius 3 is 2.21 bits per heavy atom. The molecule has 0 aromatic rings. The highest BCUT2D eigenvalue weighted by Crippen LogP contribution is 2.20. The van der Waals surface area contributed by atoms with E-state index in [9.17, 15) is 4.79 Å². The third kappa shape index (κ3) is 11.6. The topological polar surface area (TPSA) is 41.5 Å². The lowest BCUT2D eigenvalue weighted by atomic mass is 10.1. The summed E-state index contributed by atoms with van der Waals surface area (Å²) in [7, 11) is 0. The van der Waals surface area contributed by atoms with E-state index in [0.29, 0.717) is 0 Å². The summed E-state index contributed by atoms with van der Waals surface area (Å²) in [5, 5.41) is 2.96. The van der Waals surface area contributed by atoms with Gasteiger partial charge in [-0.05, 0) is 39.0 Å². The van der Waals surface area contributed by atoms with Gasteiger partial charge in [0.2, 0.25) is 5.91 Å². The van der Waals surface area contributed by atoms with Crippen molar-refractivity contribution >= 4 is 11.7 Å². The Morgan fingerprint density at radius 2 is 1.59 bits per heavy atom. The number of amides is 1. The van der Waals surface area contributed by atoms with Crippen LogP contribution in [0.1, 0.15) is 104 Å². The number of hydrogen-bond donors (Lipinski definition) is 1. The van der Waals surface area contributed by atoms with Crippen molar-refractivity contribution < 1.29 is 9.28 Å². The first-order valence-corrected chi connectivity index (χ1v) is 12.4. The number of aliphatic imine (C=N–C) groups is 1. The van der Waals surface area contributed by atoms with E-state index in [0.717, 1.165) is 43.6 Å². The van der Waals surface area contributed by atoms with E-state index >= 15 is 0 Å². The second kappa shape index (κ2) is 16.6. The molecule has 1 heterocycles. The first-order chi connectivity index (χ1) is 14.1. The lowest BCUT2D eigenvalue weighted by molar-refractivity contribution is -0.833. The van der Waals surface area contributed by atoms with Gasteiger partial charge in [-0.2, -0.15) is 0 Å². The number of allylic oxidation sites excluding steroid dienone is 2. The average molecular weight is 407 g/mol. The van der Waals surface area contributed by atoms with E-state index in [-0.39, 0.29) is 5.91 Å². The van der Waals surface area contributed by atoms with Crippen LogP contribution in [0.25, 0.3) is 0 Å². The van der Waals surface area contributed by atoms with Gasteiger partial charge in [-0.1, -0.05) is 64.0 Å². The van der Waals surface area contributed by atoms with Crippen molar-refractivity contribution in [3.63, 3.8) is 0 Å². The number of nitrogens with one attached hydrogen (secondary N) is 1. The van der Waals surface area contributed by atoms with Crippen LogP contribution in [0.2, 0.25) is 0 Å². The van der Waals surface area contributed by atoms with Gasteiger partial charge in [0.25, 0.3) is 0 Å². The Labute approximate surface area is 180 Å². The minimum atomic E-state index is 0.0694. The highest BCUT2D eigenvalue weighted by molar-refractivity contribution is 5.77. The first kappa shape index (κ1) is 25.9. The molecule has 0 bridgehead atoms. The first-order valence-electron chi connectivity index (χ1n) is 12.4. The summed E-state index contributed by atoms with van der Waals surface area (Å²) in [6.45, 7) is 11.0. The molecule has 1 rings (SSSR count). The second-order valence-electron chi connectivity index (χ2n) is 8.67. The van der Waals surface area contributed by atoms with Crippen molar-refractivity contribution in [2.45, 2.75) is 104 Å². The summed E-state index contributed by atoms with van der Waals surface area (Å²) in [4.78, 5) is 16.0. The maximum absolute atomic E-state index is 11.2. The predicted octanol–water partition coefficient (Wildman–Crippen LogP) is 6.02. The predicted molar refractivity (Wildman–Crippen MR) is 126 cm³/mol. The van der Waals surface area contributed by atoms with Gasteiger partial charge in [-0.3, -0.25) is 9.28 Å². The third-order valence-corrected chi connectivity index (χ3v) is 6.30. The van der Waals surface area contributed by atoms with Crippen molar-refractivity contribution in [3.05, 3.63) is 12.2 Å². The number of carbonyl (C=O) groups is 1. The molecule has 0 spiro atoms. The number of carbonyl (C=O) groups excluding carboxylic acids is 1. The van der Waals surface area contributed by atoms with E-state index in [1.165, 1.54) is 82.9 Å². The molecule has 0 aromatic heterocycles. The summed E-state index contributed by atoms with van der Waals surface area (Å²) in [5.41, 5.74) is 0. The molecule has 29 heavy (non-hydrogen) atoms. The normalized spacial score (nSPS) is 19.1. The summed E-state index contributed by atoms with van der Waals surface area (Å²) in [6, 6.07) is 0. The Balaban J connectivity index is 2.04. The highest BCUT2D eigenvalue weighted by atomic mass is 16.1. The monoisotopic (exact) mass is 406 g/mol. The van der Waals surface area contributed by atoms with Crippen LogP contribution in [0.4, 0.5) is 0 Å². The molecule has 168 valence electrons. The summed E-state index contributed by atoms with van der Waals surface area (Å²) in [5.74, 6) is 1.45. The van der Waals surface area contributed by atoms with Crippen LogP contribution < -0.4 is 5.32 Å². The fourth-order valence-electron chi connectivity index (χ4n) is 4.33. The summed E-state index contributed by atoms with van der Waals surface area (Å²) < 4.78 is 0.992. The van der Waals surface area contributed by atoms with Crippen LogP contribution in [-0.2, 0) is 4.79 Å². The van der Waals surface area contributed by atoms with E-state index < -0.39 is 0 Å². The minimum absolute atomic E-state index is 0.0694. The molecule has 0 radical (unpaired) electrons. The zero-order valence-electron chi connectivity index (χ0n) is 19.7. The van der Waals surface area contributed by atoms with Crippen LogP contribution in [0.15, 0.2) is 17.1 Å². The van der Waals surface area contributed by atoms with E-state index in [1.807, 2.05) is 0 Å². The standard InChI is InChI=1S/C25H47N3O/c1-4-6-7-8-9-10-11-12-13-14-15-16-17-18-19-25-27-21-23-28(25,5-2)22-20-26-24(3)29/h9-10H,4-8,11-23H2,1-3H3/p+1/b10-9+. The van der Waals surface area contributed by atoms with Gasteiger partial charge in [0.15, 0.2) is 5.84 Å². The number of hydrogen-bond acceptors (Lipinski definition) is 2. The Bertz CT molecular complexity index is 486. The molecule has 1 aliphatic heterocycles. The highest BCUT2D eigenvalue weighted by Gasteiger charge is 2.35. The fraction of sp³-hybridized carbons (Fsp3) is 0.840. The molecule has 1 unspecified atom stereocenters. The smallest absolute Gasteiger partial charge is 0.217 e. The Morgan fingerprint density at radius 1 is 0.966 bits per heavy atom. The van der Waals surface area contributed by atoms with Crippen LogP contribution in [0, 0.1) is 0 Å². The molecule has 1 atom stereocenters. The van der Waals surface area contributed by atoms with Crippen molar-refractivity contribution in [2.75, 3.05) is 32.7 Å². The van der Waals surface area contributed by atoms with Crippen LogP contribution in [0.5, 0.6) is 0 Å². The van der Waals surface area contributed by atoms with Crippen molar-refractivity contribution in [2.24, 2.45) is 4.99 Å². The van der Waals surface area contributed by atoms with Crippen molar-refractivity contribution in [3.8, 4) is 0 Å². The molecule has 0 fully saturated rings. The van der Waals surface area contributed by atoms with Gasteiger partial charge in [0, 0.05) is 13.3 Å². The van der Waals surface area contributed by atoms with Crippen molar-refractivity contribution in [1.29, 1.82) is 0 Å². The van der Waals surface area contributed by atoms with Gasteiger partial charge in [0.1, 0.15) is 13.1 Å². The minimum Gasteiger partial charge on any atom is -0.351 e. The van der Waals surface area contributed by atoms with Gasteiger partial charge in [0.05, 0.1) is 19.6 Å². The van der Waals surface area contributed by atoms with Gasteiger partial charge in [-0.15, -0.1) is 0 Å². The van der Waals surface area contributed by atoms with Crippen LogP contribution in [-0.4, -0.2) is 48.9 Å². The maximum atomic E-state index is 11.2. The molecule has 4 nitrogen and oxygen atoms in total. The van der Waals surface area contributed by atoms with Crippen LogP contribution in [0.3, 0.4) is 0 Å². The van der Waals surface area contributed by atoms with Gasteiger partial charge < -0.3 is 5.32 Å². The average Bonchev–Trinajstić information content (AvgIpc) is 3.11. The zero-order valence-corrected chi connectivity index (χ0v) is 19.7. The Kier molecular flexibility index (Phi) is 14.8. The van der Waals surface area contributed by atoms with E-state index in [4.69, 9.17) is 4.99 Å². The third-order valence-electron chi connectivity index (χ3n) is 6.30. The molecule has 0 saturated heterocycles. The molecule has 1 amide bonds. The van der Waals surface area contributed by atoms with Crippen LogP contribution >= 0.6 is 0 Å². The fourth-order valence-corrected chi connectivity index (χ4v) is 4.33. The lowest BCUT2D eigenvalue weighted by Gasteiger charge is -2.33. The summed E-state index contributed by atoms with van der Waals surface area (Å²) >= 11 is 0. The molecule has 1 aliphatic rings. The number of likely N-dealkylation sites (N-methyl/N-ethyl adjacent to an activating group) is 1. The molecule has 0 aromatic carbocycles. The van der Waals surface area contributed by atoms with Gasteiger partial charge in [-0.25, -0.2) is 4.99 Å². The largest absolute Gasteiger partial charge is 0.351 e. The van der Waals surface area contributed by atoms with E-state index in [1.54, 1.807) is 6.92 Å². The number of quaternary nitrogens is 1.